The molecule has 0 unspecified atom stereocenters. The molecule has 0 spiro atoms. The first-order valence-electron chi connectivity index (χ1n) is 16.5. The van der Waals surface area contributed by atoms with Gasteiger partial charge in [-0.15, -0.1) is 0 Å². The van der Waals surface area contributed by atoms with E-state index in [0.717, 1.165) is 73.6 Å². The molecule has 1 saturated heterocycles. The Labute approximate surface area is 284 Å². The molecule has 1 aliphatic heterocycles. The van der Waals surface area contributed by atoms with Crippen LogP contribution in [0.2, 0.25) is 0 Å². The minimum Gasteiger partial charge on any atom is -0.493 e. The zero-order chi connectivity index (χ0) is 34.2. The molecular formula is C37H41FN6O5. The Hall–Kier alpha value is -5.07. The van der Waals surface area contributed by atoms with E-state index in [1.807, 2.05) is 24.5 Å². The highest BCUT2D eigenvalue weighted by Crippen LogP contribution is 2.32. The Kier molecular flexibility index (Phi) is 11.0. The van der Waals surface area contributed by atoms with Gasteiger partial charge >= 0.3 is 5.97 Å². The van der Waals surface area contributed by atoms with Gasteiger partial charge in [-0.2, -0.15) is 0 Å². The van der Waals surface area contributed by atoms with E-state index >= 15 is 0 Å². The average Bonchev–Trinajstić information content (AvgIpc) is 3.56. The van der Waals surface area contributed by atoms with E-state index in [4.69, 9.17) is 19.2 Å². The van der Waals surface area contributed by atoms with Gasteiger partial charge in [-0.1, -0.05) is 0 Å². The fourth-order valence-corrected chi connectivity index (χ4v) is 6.21. The van der Waals surface area contributed by atoms with Crippen molar-refractivity contribution in [3.8, 4) is 34.0 Å². The van der Waals surface area contributed by atoms with Crippen LogP contribution in [0.4, 0.5) is 4.39 Å². The first-order chi connectivity index (χ1) is 23.9. The molecule has 49 heavy (non-hydrogen) atoms. The number of hydrogen-bond acceptors (Lipinski definition) is 9. The van der Waals surface area contributed by atoms with Crippen molar-refractivity contribution in [2.75, 3.05) is 53.7 Å². The molecule has 4 heterocycles. The number of hydrogen-bond donors (Lipinski definition) is 0. The zero-order valence-corrected chi connectivity index (χ0v) is 27.9. The van der Waals surface area contributed by atoms with Crippen LogP contribution in [0.1, 0.15) is 19.3 Å². The molecule has 0 atom stereocenters. The lowest BCUT2D eigenvalue weighted by Gasteiger charge is -2.34. The minimum absolute atomic E-state index is 0.140. The SMILES string of the molecule is COc1cc2ccn(CCCC(=O)OCN3CCN(CCCn4cnc(-c5ccc(F)cc5)c4-c4ccncc4)CC3)c(=O)c2cc1OC. The monoisotopic (exact) mass is 668 g/mol. The molecule has 0 aliphatic carbocycles. The first kappa shape index (κ1) is 33.8. The van der Waals surface area contributed by atoms with Gasteiger partial charge < -0.3 is 28.2 Å². The van der Waals surface area contributed by atoms with Crippen molar-refractivity contribution in [1.82, 2.24) is 28.9 Å². The van der Waals surface area contributed by atoms with Crippen LogP contribution in [-0.4, -0.2) is 88.5 Å². The molecule has 11 nitrogen and oxygen atoms in total. The number of ether oxygens (including phenoxy) is 3. The van der Waals surface area contributed by atoms with Gasteiger partial charge in [0.05, 0.1) is 37.3 Å². The standard InChI is InChI=1S/C37H41FN6O5/c1-47-32-23-29-12-18-43(37(46)31(29)24-33(32)48-2)16-3-5-34(45)49-26-42-21-19-41(20-22-42)15-4-17-44-25-40-35(27-6-8-30(38)9-7-27)36(44)28-10-13-39-14-11-28/h6-14,18,23-25H,3-5,15-17,19-22,26H2,1-2H3. The minimum atomic E-state index is -0.275. The quantitative estimate of drug-likeness (QED) is 0.150. The number of aryl methyl sites for hydroxylation is 2. The molecule has 1 fully saturated rings. The second-order valence-corrected chi connectivity index (χ2v) is 12.0. The van der Waals surface area contributed by atoms with E-state index in [0.29, 0.717) is 29.9 Å². The summed E-state index contributed by atoms with van der Waals surface area (Å²) < 4.78 is 33.6. The summed E-state index contributed by atoms with van der Waals surface area (Å²) >= 11 is 0. The van der Waals surface area contributed by atoms with Crippen molar-refractivity contribution in [3.05, 3.63) is 95.7 Å². The van der Waals surface area contributed by atoms with E-state index < -0.39 is 0 Å². The number of pyridine rings is 2. The van der Waals surface area contributed by atoms with Crippen LogP contribution in [0.15, 0.2) is 84.3 Å². The lowest BCUT2D eigenvalue weighted by Crippen LogP contribution is -2.47. The summed E-state index contributed by atoms with van der Waals surface area (Å²) in [5.41, 5.74) is 3.55. The molecule has 6 rings (SSSR count). The molecule has 1 aliphatic rings. The highest BCUT2D eigenvalue weighted by atomic mass is 19.1. The van der Waals surface area contributed by atoms with E-state index in [1.165, 1.54) is 19.2 Å². The van der Waals surface area contributed by atoms with Gasteiger partial charge in [0, 0.05) is 75.4 Å². The third-order valence-corrected chi connectivity index (χ3v) is 8.92. The maximum atomic E-state index is 13.6. The van der Waals surface area contributed by atoms with Crippen LogP contribution < -0.4 is 15.0 Å². The van der Waals surface area contributed by atoms with Gasteiger partial charge in [0.2, 0.25) is 0 Å². The van der Waals surface area contributed by atoms with Crippen molar-refractivity contribution >= 4 is 16.7 Å². The van der Waals surface area contributed by atoms with Crippen LogP contribution in [0.5, 0.6) is 11.5 Å². The van der Waals surface area contributed by atoms with Crippen LogP contribution in [-0.2, 0) is 22.6 Å². The number of imidazole rings is 1. The van der Waals surface area contributed by atoms with Gasteiger partial charge in [0.15, 0.2) is 11.5 Å². The van der Waals surface area contributed by atoms with Crippen molar-refractivity contribution in [2.24, 2.45) is 0 Å². The third kappa shape index (κ3) is 8.15. The Morgan fingerprint density at radius 3 is 2.24 bits per heavy atom. The second kappa shape index (κ2) is 15.9. The normalized spacial score (nSPS) is 13.9. The Morgan fingerprint density at radius 2 is 1.51 bits per heavy atom. The van der Waals surface area contributed by atoms with Gasteiger partial charge in [0.1, 0.15) is 12.5 Å². The highest BCUT2D eigenvalue weighted by molar-refractivity contribution is 5.85. The number of fused-ring (bicyclic) bond motifs is 1. The molecule has 0 amide bonds. The molecule has 2 aromatic carbocycles. The summed E-state index contributed by atoms with van der Waals surface area (Å²) in [6.45, 7) is 5.81. The number of benzene rings is 2. The molecule has 5 aromatic rings. The maximum absolute atomic E-state index is 13.6. The van der Waals surface area contributed by atoms with Crippen LogP contribution in [0.25, 0.3) is 33.3 Å². The lowest BCUT2D eigenvalue weighted by atomic mass is 10.1. The molecular weight excluding hydrogens is 627 g/mol. The summed E-state index contributed by atoms with van der Waals surface area (Å²) in [5.74, 6) is 0.519. The maximum Gasteiger partial charge on any atom is 0.307 e. The number of halogens is 1. The van der Waals surface area contributed by atoms with Crippen molar-refractivity contribution < 1.29 is 23.4 Å². The number of carbonyl (C=O) groups is 1. The summed E-state index contributed by atoms with van der Waals surface area (Å²) in [6, 6.07) is 15.7. The predicted octanol–water partition coefficient (Wildman–Crippen LogP) is 5.07. The summed E-state index contributed by atoms with van der Waals surface area (Å²) in [5, 5.41) is 1.30. The van der Waals surface area contributed by atoms with Gasteiger partial charge in [-0.25, -0.2) is 9.37 Å². The highest BCUT2D eigenvalue weighted by Gasteiger charge is 2.19. The number of nitrogens with zero attached hydrogens (tertiary/aromatic N) is 6. The third-order valence-electron chi connectivity index (χ3n) is 8.92. The van der Waals surface area contributed by atoms with Crippen molar-refractivity contribution in [1.29, 1.82) is 0 Å². The van der Waals surface area contributed by atoms with E-state index in [9.17, 15) is 14.0 Å². The lowest BCUT2D eigenvalue weighted by molar-refractivity contribution is -0.149. The van der Waals surface area contributed by atoms with Crippen LogP contribution >= 0.6 is 0 Å². The van der Waals surface area contributed by atoms with Gasteiger partial charge in [-0.05, 0) is 79.4 Å². The largest absolute Gasteiger partial charge is 0.493 e. The predicted molar refractivity (Wildman–Crippen MR) is 185 cm³/mol. The van der Waals surface area contributed by atoms with Crippen LogP contribution in [0, 0.1) is 5.82 Å². The van der Waals surface area contributed by atoms with Gasteiger partial charge in [0.25, 0.3) is 5.56 Å². The smallest absolute Gasteiger partial charge is 0.307 e. The zero-order valence-electron chi connectivity index (χ0n) is 27.9. The fourth-order valence-electron chi connectivity index (χ4n) is 6.21. The summed E-state index contributed by atoms with van der Waals surface area (Å²) in [7, 11) is 3.10. The summed E-state index contributed by atoms with van der Waals surface area (Å²) in [4.78, 5) is 39.0. The number of piperazine rings is 1. The van der Waals surface area contributed by atoms with E-state index in [1.54, 1.807) is 54.5 Å². The Morgan fingerprint density at radius 1 is 0.816 bits per heavy atom. The molecule has 0 N–H and O–H groups in total. The van der Waals surface area contributed by atoms with Gasteiger partial charge in [-0.3, -0.25) is 19.5 Å². The molecule has 0 bridgehead atoms. The Balaban J connectivity index is 0.931. The average molecular weight is 669 g/mol. The molecule has 256 valence electrons. The second-order valence-electron chi connectivity index (χ2n) is 12.0. The number of carbonyl (C=O) groups excluding carboxylic acids is 1. The molecule has 0 saturated carbocycles. The van der Waals surface area contributed by atoms with E-state index in [-0.39, 0.29) is 30.5 Å². The van der Waals surface area contributed by atoms with Crippen molar-refractivity contribution in [3.63, 3.8) is 0 Å². The summed E-state index contributed by atoms with van der Waals surface area (Å²) in [6.07, 6.45) is 8.79. The number of esters is 1. The molecule has 12 heteroatoms. The molecule has 0 radical (unpaired) electrons. The van der Waals surface area contributed by atoms with Crippen molar-refractivity contribution in [2.45, 2.75) is 32.4 Å². The van der Waals surface area contributed by atoms with E-state index in [2.05, 4.69) is 19.4 Å². The van der Waals surface area contributed by atoms with Crippen LogP contribution in [0.3, 0.4) is 0 Å². The topological polar surface area (TPSA) is 104 Å². The first-order valence-corrected chi connectivity index (χ1v) is 16.5. The number of rotatable bonds is 14. The Bertz CT molecular complexity index is 1920. The fraction of sp³-hybridized carbons (Fsp3) is 0.351. The number of methoxy groups -OCH3 is 2. The molecule has 3 aromatic heterocycles. The number of aromatic nitrogens is 4.